The molecule has 0 radical (unpaired) electrons. The summed E-state index contributed by atoms with van der Waals surface area (Å²) in [5.41, 5.74) is 0. The van der Waals surface area contributed by atoms with Crippen molar-refractivity contribution in [3.63, 3.8) is 0 Å². The molecule has 2 atom stereocenters. The van der Waals surface area contributed by atoms with Gasteiger partial charge in [0.05, 0.1) is 6.54 Å². The normalized spacial score (nSPS) is 19.6. The largest absolute Gasteiger partial charge is 0.340 e. The third-order valence-corrected chi connectivity index (χ3v) is 11.8. The van der Waals surface area contributed by atoms with E-state index < -0.39 is 0 Å². The second kappa shape index (κ2) is 29.5. The average molecular weight is 707 g/mol. The van der Waals surface area contributed by atoms with Crippen LogP contribution in [0.4, 0.5) is 0 Å². The van der Waals surface area contributed by atoms with Gasteiger partial charge in [-0.1, -0.05) is 116 Å². The minimum absolute atomic E-state index is 0.181. The minimum atomic E-state index is 0.181. The fourth-order valence-corrected chi connectivity index (χ4v) is 7.47. The van der Waals surface area contributed by atoms with Crippen LogP contribution in [0.25, 0.3) is 0 Å². The van der Waals surface area contributed by atoms with Crippen molar-refractivity contribution in [1.82, 2.24) is 19.6 Å². The Bertz CT molecular complexity index is 807. The van der Waals surface area contributed by atoms with E-state index in [1.54, 1.807) is 0 Å². The number of piperazine rings is 1. The second-order valence-electron chi connectivity index (χ2n) is 16.7. The molecule has 6 nitrogen and oxygen atoms in total. The van der Waals surface area contributed by atoms with Gasteiger partial charge < -0.3 is 14.7 Å². The summed E-state index contributed by atoms with van der Waals surface area (Å²) in [6.07, 6.45) is 14.0. The van der Waals surface area contributed by atoms with Crippen LogP contribution in [0, 0.1) is 41.4 Å². The van der Waals surface area contributed by atoms with E-state index in [9.17, 15) is 9.59 Å². The van der Waals surface area contributed by atoms with Gasteiger partial charge in [0.15, 0.2) is 0 Å². The van der Waals surface area contributed by atoms with Crippen molar-refractivity contribution in [3.8, 4) is 0 Å². The van der Waals surface area contributed by atoms with Gasteiger partial charge in [0.2, 0.25) is 5.91 Å². The van der Waals surface area contributed by atoms with Crippen molar-refractivity contribution in [2.45, 2.75) is 161 Å². The van der Waals surface area contributed by atoms with Gasteiger partial charge in [0, 0.05) is 45.1 Å². The molecular weight excluding hydrogens is 617 g/mol. The molecule has 3 saturated heterocycles. The zero-order valence-corrected chi connectivity index (χ0v) is 36.2. The van der Waals surface area contributed by atoms with Gasteiger partial charge in [-0.25, -0.2) is 0 Å². The lowest BCUT2D eigenvalue weighted by Crippen LogP contribution is -2.48. The van der Waals surface area contributed by atoms with Crippen molar-refractivity contribution in [1.29, 1.82) is 0 Å². The van der Waals surface area contributed by atoms with Gasteiger partial charge in [-0.05, 0) is 107 Å². The van der Waals surface area contributed by atoms with Crippen LogP contribution in [0.1, 0.15) is 161 Å². The first-order chi connectivity index (χ1) is 23.8. The van der Waals surface area contributed by atoms with Gasteiger partial charge in [0.1, 0.15) is 5.78 Å². The Kier molecular flexibility index (Phi) is 28.9. The van der Waals surface area contributed by atoms with Crippen LogP contribution in [-0.4, -0.2) is 103 Å². The average Bonchev–Trinajstić information content (AvgIpc) is 3.12. The second-order valence-corrected chi connectivity index (χ2v) is 16.7. The van der Waals surface area contributed by atoms with Crippen molar-refractivity contribution >= 4 is 11.7 Å². The molecule has 0 aromatic rings. The molecule has 0 saturated carbocycles. The monoisotopic (exact) mass is 707 g/mol. The Morgan fingerprint density at radius 2 is 1.20 bits per heavy atom. The van der Waals surface area contributed by atoms with Crippen LogP contribution in [0.15, 0.2) is 0 Å². The number of carbonyl (C=O) groups is 2. The Labute approximate surface area is 314 Å². The molecule has 298 valence electrons. The first-order valence-electron chi connectivity index (χ1n) is 21.8. The summed E-state index contributed by atoms with van der Waals surface area (Å²) >= 11 is 0. The van der Waals surface area contributed by atoms with E-state index in [1.807, 2.05) is 32.6 Å². The molecule has 0 aromatic carbocycles. The van der Waals surface area contributed by atoms with Gasteiger partial charge in [-0.3, -0.25) is 14.5 Å². The molecule has 3 rings (SSSR count). The van der Waals surface area contributed by atoms with Gasteiger partial charge in [-0.15, -0.1) is 0 Å². The molecule has 0 bridgehead atoms. The minimum Gasteiger partial charge on any atom is -0.340 e. The molecule has 0 spiro atoms. The van der Waals surface area contributed by atoms with E-state index in [2.05, 4.69) is 77.0 Å². The summed E-state index contributed by atoms with van der Waals surface area (Å²) in [5, 5.41) is 0. The maximum Gasteiger partial charge on any atom is 0.222 e. The maximum absolute atomic E-state index is 11.8. The van der Waals surface area contributed by atoms with E-state index >= 15 is 0 Å². The third kappa shape index (κ3) is 21.5. The summed E-state index contributed by atoms with van der Waals surface area (Å²) in [5.74, 6) is 6.33. The molecule has 3 heterocycles. The number of ketones is 1. The standard InChI is InChI=1S/C19H36N2O.C13H28.C10H20N2O.C2H6/c1-15(2)18-7-11-20(12-8-18)13-17-5-9-21(10-6-17)14-19(22)16(3)4;1-6-8-13(11(3)4)10-9-12(5)7-2;1-3-5-10(13)12-8-6-11(4-2)7-9-12;1-2/h15-18H,5-14H2,1-4H3;11-13H,6-10H2,1-5H3;3-9H2,1-2H3;1-2H3. The van der Waals surface area contributed by atoms with E-state index in [-0.39, 0.29) is 5.92 Å². The number of Topliss-reactive ketones (excluding diaryl/α,β-unsaturated/α-hetero) is 1. The van der Waals surface area contributed by atoms with Crippen LogP contribution in [-0.2, 0) is 9.59 Å². The molecule has 3 aliphatic heterocycles. The molecule has 1 amide bonds. The smallest absolute Gasteiger partial charge is 0.222 e. The van der Waals surface area contributed by atoms with Crippen molar-refractivity contribution in [3.05, 3.63) is 0 Å². The Balaban J connectivity index is 0.000000744. The number of rotatable bonds is 16. The molecule has 0 aliphatic carbocycles. The predicted molar refractivity (Wildman–Crippen MR) is 220 cm³/mol. The predicted octanol–water partition coefficient (Wildman–Crippen LogP) is 10.2. The maximum atomic E-state index is 11.8. The Morgan fingerprint density at radius 1 is 0.640 bits per heavy atom. The summed E-state index contributed by atoms with van der Waals surface area (Å²) in [7, 11) is 0. The van der Waals surface area contributed by atoms with Crippen molar-refractivity contribution in [2.24, 2.45) is 41.4 Å². The van der Waals surface area contributed by atoms with Crippen LogP contribution >= 0.6 is 0 Å². The van der Waals surface area contributed by atoms with Crippen LogP contribution in [0.2, 0.25) is 0 Å². The number of amides is 1. The first-order valence-corrected chi connectivity index (χ1v) is 21.8. The summed E-state index contributed by atoms with van der Waals surface area (Å²) in [6.45, 7) is 40.6. The molecule has 3 aliphatic rings. The van der Waals surface area contributed by atoms with E-state index in [1.165, 1.54) is 77.4 Å². The van der Waals surface area contributed by atoms with Gasteiger partial charge in [-0.2, -0.15) is 0 Å². The lowest BCUT2D eigenvalue weighted by atomic mass is 9.85. The van der Waals surface area contributed by atoms with Crippen LogP contribution < -0.4 is 0 Å². The van der Waals surface area contributed by atoms with E-state index in [4.69, 9.17) is 0 Å². The molecule has 2 unspecified atom stereocenters. The summed E-state index contributed by atoms with van der Waals surface area (Å²) in [4.78, 5) is 32.8. The number of likely N-dealkylation sites (tertiary alicyclic amines) is 2. The number of hydrogen-bond acceptors (Lipinski definition) is 5. The molecular formula is C44H90N4O2. The molecule has 50 heavy (non-hydrogen) atoms. The van der Waals surface area contributed by atoms with Crippen LogP contribution in [0.3, 0.4) is 0 Å². The molecule has 0 N–H and O–H groups in total. The first kappa shape index (κ1) is 49.0. The summed E-state index contributed by atoms with van der Waals surface area (Å²) < 4.78 is 0. The van der Waals surface area contributed by atoms with E-state index in [0.29, 0.717) is 24.7 Å². The SMILES string of the molecule is CC.CC(C)C(=O)CN1CCC(CN2CCC(C(C)C)CC2)CC1.CCCC(=O)N1CCN(CC)CC1.CCCC(CCC(C)CC)C(C)C. The van der Waals surface area contributed by atoms with Gasteiger partial charge >= 0.3 is 0 Å². The quantitative estimate of drug-likeness (QED) is 0.160. The lowest BCUT2D eigenvalue weighted by molar-refractivity contribution is -0.133. The highest BCUT2D eigenvalue weighted by Gasteiger charge is 2.26. The zero-order valence-electron chi connectivity index (χ0n) is 36.2. The highest BCUT2D eigenvalue weighted by Crippen LogP contribution is 2.27. The third-order valence-electron chi connectivity index (χ3n) is 11.8. The molecule has 3 fully saturated rings. The number of piperidine rings is 2. The van der Waals surface area contributed by atoms with E-state index in [0.717, 1.165) is 87.7 Å². The molecule has 0 aromatic heterocycles. The Hall–Kier alpha value is -0.980. The van der Waals surface area contributed by atoms with Crippen molar-refractivity contribution in [2.75, 3.05) is 72.0 Å². The number of carbonyl (C=O) groups excluding carboxylic acids is 2. The number of nitrogens with zero attached hydrogens (tertiary/aromatic N) is 4. The zero-order chi connectivity index (χ0) is 38.1. The fourth-order valence-electron chi connectivity index (χ4n) is 7.47. The summed E-state index contributed by atoms with van der Waals surface area (Å²) in [6, 6.07) is 0. The Morgan fingerprint density at radius 3 is 1.64 bits per heavy atom. The number of likely N-dealkylation sites (N-methyl/N-ethyl adjacent to an activating group) is 1. The highest BCUT2D eigenvalue weighted by molar-refractivity contribution is 5.82. The highest BCUT2D eigenvalue weighted by atomic mass is 16.2. The van der Waals surface area contributed by atoms with Crippen LogP contribution in [0.5, 0.6) is 0 Å². The fraction of sp³-hybridized carbons (Fsp3) is 0.955. The van der Waals surface area contributed by atoms with Gasteiger partial charge in [0.25, 0.3) is 0 Å². The lowest BCUT2D eigenvalue weighted by Gasteiger charge is -2.38. The molecule has 6 heteroatoms. The van der Waals surface area contributed by atoms with Crippen molar-refractivity contribution < 1.29 is 9.59 Å². The number of hydrogen-bond donors (Lipinski definition) is 0. The topological polar surface area (TPSA) is 47.1 Å².